The van der Waals surface area contributed by atoms with Gasteiger partial charge in [-0.3, -0.25) is 4.79 Å². The van der Waals surface area contributed by atoms with E-state index in [4.69, 9.17) is 4.79 Å². The maximum Gasteiger partial charge on any atom is 3.00 e. The zero-order chi connectivity index (χ0) is 2.00. The molecular formula is CH3OPRh. The van der Waals surface area contributed by atoms with E-state index in [1.807, 2.05) is 0 Å². The van der Waals surface area contributed by atoms with E-state index >= 15 is 0 Å². The Morgan fingerprint density at radius 2 is 1.50 bits per heavy atom. The van der Waals surface area contributed by atoms with Gasteiger partial charge in [0.15, 0.2) is 0 Å². The van der Waals surface area contributed by atoms with E-state index in [0.717, 1.165) is 0 Å². The van der Waals surface area contributed by atoms with Crippen LogP contribution in [0, 0.1) is 0 Å². The van der Waals surface area contributed by atoms with Crippen LogP contribution in [0.5, 0.6) is 0 Å². The van der Waals surface area contributed by atoms with E-state index in [2.05, 4.69) is 6.79 Å². The van der Waals surface area contributed by atoms with E-state index in [0.29, 0.717) is 0 Å². The Kier molecular flexibility index (Phi) is 291. The maximum atomic E-state index is 7.50. The van der Waals surface area contributed by atoms with Gasteiger partial charge in [0.05, 0.1) is 0 Å². The second-order valence-electron chi connectivity index (χ2n) is 0. The van der Waals surface area contributed by atoms with E-state index < -0.39 is 0 Å². The fourth-order valence-corrected chi connectivity index (χ4v) is 0. The minimum Gasteiger partial charge on any atom is -1.00 e. The molecule has 0 saturated carbocycles. The molecular weight excluding hydrogens is 162 g/mol. The van der Waals surface area contributed by atoms with Crippen LogP contribution in [-0.4, -0.2) is 6.79 Å². The van der Waals surface area contributed by atoms with Crippen molar-refractivity contribution in [3.63, 3.8) is 0 Å². The van der Waals surface area contributed by atoms with E-state index in [-0.39, 0.29) is 33.7 Å². The fourth-order valence-electron chi connectivity index (χ4n) is 0. The summed E-state index contributed by atoms with van der Waals surface area (Å²) < 4.78 is 0. The molecule has 0 aromatic heterocycles. The average Bonchev–Trinajstić information content (AvgIpc) is 1.00. The predicted molar refractivity (Wildman–Crippen MR) is 15.9 cm³/mol. The first-order chi connectivity index (χ1) is 1.00. The molecule has 0 aliphatic rings. The molecule has 0 bridgehead atoms. The number of rotatable bonds is 0. The third kappa shape index (κ3) is 15.5. The van der Waals surface area contributed by atoms with Crippen LogP contribution in [-0.2, 0) is 24.3 Å². The Labute approximate surface area is 46.0 Å². The largest absolute Gasteiger partial charge is 3.00 e. The van der Waals surface area contributed by atoms with Gasteiger partial charge in [0.1, 0.15) is 0 Å². The Morgan fingerprint density at radius 1 is 1.50 bits per heavy atom. The summed E-state index contributed by atoms with van der Waals surface area (Å²) >= 11 is 0. The molecule has 0 atom stereocenters. The Bertz CT molecular complexity index is 14.9. The van der Waals surface area contributed by atoms with E-state index in [9.17, 15) is 0 Å². The monoisotopic (exact) mass is 165 g/mol. The van der Waals surface area contributed by atoms with Crippen molar-refractivity contribution in [2.45, 2.75) is 0 Å². The summed E-state index contributed by atoms with van der Waals surface area (Å²) in [4.78, 5) is 7.50. The molecule has 5 radical (unpaired) electrons. The first kappa shape index (κ1) is 22.0. The van der Waals surface area contributed by atoms with Crippen molar-refractivity contribution in [1.29, 1.82) is 0 Å². The minimum absolute atomic E-state index is 0. The molecule has 1 nitrogen and oxygen atoms in total. The van der Waals surface area contributed by atoms with Crippen molar-refractivity contribution in [3.05, 3.63) is 0 Å². The SMILES string of the molecule is [C]=O.[H-].[H-].[H-].[P].[Rh+3]. The van der Waals surface area contributed by atoms with Crippen LogP contribution in [0.3, 0.4) is 0 Å². The van der Waals surface area contributed by atoms with Gasteiger partial charge in [-0.25, -0.2) is 0 Å². The van der Waals surface area contributed by atoms with Gasteiger partial charge in [-0.2, -0.15) is 0 Å². The standard InChI is InChI=1S/CO.P.Rh.3H/c1-2;;;;;/q;;+3;3*-1. The van der Waals surface area contributed by atoms with Gasteiger partial charge >= 0.3 is 19.5 Å². The molecule has 0 aliphatic carbocycles. The molecule has 27 valence electrons. The van der Waals surface area contributed by atoms with Crippen LogP contribution in [0.4, 0.5) is 0 Å². The van der Waals surface area contributed by atoms with Gasteiger partial charge < -0.3 is 4.28 Å². The number of hydrogen-bond donors (Lipinski definition) is 0. The molecule has 3 heteroatoms. The third-order valence-electron chi connectivity index (χ3n) is 0. The summed E-state index contributed by atoms with van der Waals surface area (Å²) in [7, 11) is 0. The third-order valence-corrected chi connectivity index (χ3v) is 0. The zero-order valence-corrected chi connectivity index (χ0v) is 4.22. The van der Waals surface area contributed by atoms with E-state index in [1.54, 1.807) is 0 Å². The summed E-state index contributed by atoms with van der Waals surface area (Å²) in [6, 6.07) is 0. The van der Waals surface area contributed by atoms with Gasteiger partial charge in [0, 0.05) is 9.90 Å². The Morgan fingerprint density at radius 3 is 1.50 bits per heavy atom. The van der Waals surface area contributed by atoms with Crippen LogP contribution in [0.25, 0.3) is 0 Å². The Hall–Kier alpha value is 0.723. The molecule has 0 rings (SSSR count). The summed E-state index contributed by atoms with van der Waals surface area (Å²) in [5, 5.41) is 0. The summed E-state index contributed by atoms with van der Waals surface area (Å²) in [5.41, 5.74) is 0. The van der Waals surface area contributed by atoms with Crippen molar-refractivity contribution in [2.75, 3.05) is 0 Å². The number of carbonyl (C=O) groups excluding carboxylic acids is 1. The maximum absolute atomic E-state index is 7.50. The average molecular weight is 165 g/mol. The van der Waals surface area contributed by atoms with Gasteiger partial charge in [-0.05, 0) is 0 Å². The molecule has 0 fully saturated rings. The van der Waals surface area contributed by atoms with E-state index in [1.165, 1.54) is 0 Å². The molecule has 0 saturated heterocycles. The minimum atomic E-state index is 0. The van der Waals surface area contributed by atoms with Gasteiger partial charge in [0.25, 0.3) is 6.79 Å². The van der Waals surface area contributed by atoms with Crippen molar-refractivity contribution in [3.8, 4) is 0 Å². The first-order valence-electron chi connectivity index (χ1n) is 0.204. The van der Waals surface area contributed by atoms with Crippen molar-refractivity contribution in [1.82, 2.24) is 0 Å². The summed E-state index contributed by atoms with van der Waals surface area (Å²) in [5.74, 6) is 0. The molecule has 0 N–H and O–H groups in total. The molecule has 0 unspecified atom stereocenters. The van der Waals surface area contributed by atoms with Gasteiger partial charge in [-0.1, -0.05) is 0 Å². The van der Waals surface area contributed by atoms with Gasteiger partial charge in [-0.15, -0.1) is 0 Å². The van der Waals surface area contributed by atoms with Crippen molar-refractivity contribution in [2.24, 2.45) is 0 Å². The normalized spacial score (nSPS) is 1.00. The molecule has 0 spiro atoms. The smallest absolute Gasteiger partial charge is 1.00 e. The molecule has 0 aromatic rings. The second-order valence-corrected chi connectivity index (χ2v) is 0. The van der Waals surface area contributed by atoms with Crippen LogP contribution >= 0.6 is 9.90 Å². The topological polar surface area (TPSA) is 17.1 Å². The van der Waals surface area contributed by atoms with Crippen LogP contribution < -0.4 is 0 Å². The first-order valence-corrected chi connectivity index (χ1v) is 0.204. The van der Waals surface area contributed by atoms with Crippen LogP contribution in [0.2, 0.25) is 0 Å². The summed E-state index contributed by atoms with van der Waals surface area (Å²) in [6.07, 6.45) is 0. The predicted octanol–water partition coefficient (Wildman–Crippen LogP) is 0.799. The number of hydrogen-bond acceptors (Lipinski definition) is 1. The zero-order valence-electron chi connectivity index (χ0n) is 4.69. The fraction of sp³-hybridized carbons (Fsp3) is 0. The van der Waals surface area contributed by atoms with Crippen molar-refractivity contribution >= 4 is 16.7 Å². The van der Waals surface area contributed by atoms with Crippen LogP contribution in [0.1, 0.15) is 4.28 Å². The molecule has 4 heavy (non-hydrogen) atoms. The van der Waals surface area contributed by atoms with Gasteiger partial charge in [0.2, 0.25) is 0 Å². The molecule has 0 heterocycles. The second kappa shape index (κ2) is 52.8. The summed E-state index contributed by atoms with van der Waals surface area (Å²) in [6.45, 7) is 4.50. The van der Waals surface area contributed by atoms with Crippen LogP contribution in [0.15, 0.2) is 0 Å². The molecule has 0 amide bonds. The molecule has 0 aromatic carbocycles. The molecule has 0 aliphatic heterocycles. The Balaban J connectivity index is -0.000000000500. The quantitative estimate of drug-likeness (QED) is 0.383. The van der Waals surface area contributed by atoms with Crippen molar-refractivity contribution < 1.29 is 28.6 Å².